The minimum absolute atomic E-state index is 0.127. The van der Waals surface area contributed by atoms with E-state index < -0.39 is 45.4 Å². The Morgan fingerprint density at radius 3 is 2.63 bits per heavy atom. The molecule has 14 heteroatoms. The number of benzene rings is 2. The fraction of sp³-hybridized carbons (Fsp3) is 0.375. The van der Waals surface area contributed by atoms with Crippen molar-refractivity contribution in [1.29, 1.82) is 0 Å². The number of anilines is 1. The molecule has 0 spiro atoms. The molecule has 2 aliphatic heterocycles. The lowest BCUT2D eigenvalue weighted by molar-refractivity contribution is -0.138. The molecular formula is C40H44N6O7S. The summed E-state index contributed by atoms with van der Waals surface area (Å²) in [5, 5.41) is 6.73. The molecule has 0 bridgehead atoms. The zero-order valence-electron chi connectivity index (χ0n) is 30.3. The van der Waals surface area contributed by atoms with Crippen molar-refractivity contribution >= 4 is 44.5 Å². The molecule has 3 aliphatic rings. The summed E-state index contributed by atoms with van der Waals surface area (Å²) in [7, 11) is -2.78. The molecular weight excluding hydrogens is 709 g/mol. The molecule has 1 saturated heterocycles. The van der Waals surface area contributed by atoms with Crippen LogP contribution in [-0.2, 0) is 24.4 Å². The van der Waals surface area contributed by atoms with E-state index in [0.717, 1.165) is 43.1 Å². The van der Waals surface area contributed by atoms with Gasteiger partial charge in [0.25, 0.3) is 15.9 Å². The summed E-state index contributed by atoms with van der Waals surface area (Å²) in [6, 6.07) is 18.9. The first-order chi connectivity index (χ1) is 26.1. The normalized spacial score (nSPS) is 24.6. The number of pyridine rings is 2. The number of carbonyl (C=O) groups is 3. The van der Waals surface area contributed by atoms with Crippen molar-refractivity contribution in [2.24, 2.45) is 5.92 Å². The van der Waals surface area contributed by atoms with Gasteiger partial charge in [0.1, 0.15) is 39.9 Å². The zero-order valence-corrected chi connectivity index (χ0v) is 31.1. The largest absolute Gasteiger partial charge is 0.497 e. The number of ether oxygens (including phenoxy) is 2. The molecule has 0 unspecified atom stereocenters. The lowest BCUT2D eigenvalue weighted by Crippen LogP contribution is -2.56. The summed E-state index contributed by atoms with van der Waals surface area (Å²) < 4.78 is 41.5. The number of aromatic nitrogens is 2. The predicted octanol–water partition coefficient (Wildman–Crippen LogP) is 4.99. The molecule has 7 rings (SSSR count). The van der Waals surface area contributed by atoms with Gasteiger partial charge in [-0.25, -0.2) is 23.1 Å². The van der Waals surface area contributed by atoms with Gasteiger partial charge in [-0.15, -0.1) is 0 Å². The van der Waals surface area contributed by atoms with Gasteiger partial charge in [0.15, 0.2) is 0 Å². The highest BCUT2D eigenvalue weighted by Gasteiger charge is 2.61. The Hall–Kier alpha value is -5.50. The average molecular weight is 753 g/mol. The lowest BCUT2D eigenvalue weighted by Gasteiger charge is -2.25. The zero-order chi connectivity index (χ0) is 37.9. The number of nitrogens with zero attached hydrogens (tertiary/aromatic N) is 3. The van der Waals surface area contributed by atoms with Crippen LogP contribution in [0.1, 0.15) is 51.9 Å². The molecule has 4 heterocycles. The van der Waals surface area contributed by atoms with Gasteiger partial charge >= 0.3 is 0 Å². The van der Waals surface area contributed by atoms with Crippen LogP contribution in [0.2, 0.25) is 0 Å². The summed E-state index contributed by atoms with van der Waals surface area (Å²) in [6.45, 7) is 2.04. The summed E-state index contributed by atoms with van der Waals surface area (Å²) in [5.41, 5.74) is 0.700. The van der Waals surface area contributed by atoms with Gasteiger partial charge in [0.05, 0.1) is 24.9 Å². The lowest BCUT2D eigenvalue weighted by atomic mass is 10.1. The first kappa shape index (κ1) is 36.8. The first-order valence-corrected chi connectivity index (χ1v) is 19.8. The first-order valence-electron chi connectivity index (χ1n) is 18.3. The number of sulfonamides is 1. The van der Waals surface area contributed by atoms with Gasteiger partial charge in [0.2, 0.25) is 11.8 Å². The Bertz CT molecular complexity index is 2200. The Balaban J connectivity index is 1.14. The number of amides is 3. The van der Waals surface area contributed by atoms with Gasteiger partial charge in [-0.05, 0) is 49.9 Å². The maximum Gasteiger partial charge on any atom is 0.267 e. The molecule has 1 aliphatic carbocycles. The number of nitrogens with one attached hydrogen (secondary N) is 3. The number of fused-ring (bicyclic) bond motifs is 3. The van der Waals surface area contributed by atoms with Crippen molar-refractivity contribution < 1.29 is 32.3 Å². The van der Waals surface area contributed by atoms with Crippen molar-refractivity contribution in [3.63, 3.8) is 0 Å². The number of hydrogen-bond donors (Lipinski definition) is 3. The van der Waals surface area contributed by atoms with E-state index in [2.05, 4.69) is 20.3 Å². The van der Waals surface area contributed by atoms with Crippen LogP contribution in [0.3, 0.4) is 0 Å². The molecule has 1 saturated carbocycles. The van der Waals surface area contributed by atoms with Crippen molar-refractivity contribution in [3.05, 3.63) is 85.1 Å². The third-order valence-corrected chi connectivity index (χ3v) is 11.7. The fourth-order valence-corrected chi connectivity index (χ4v) is 8.49. The Kier molecular flexibility index (Phi) is 10.5. The number of carbonyl (C=O) groups excluding carboxylic acids is 3. The van der Waals surface area contributed by atoms with E-state index in [-0.39, 0.29) is 36.0 Å². The van der Waals surface area contributed by atoms with Gasteiger partial charge in [-0.3, -0.25) is 14.4 Å². The fourth-order valence-electron chi connectivity index (χ4n) is 7.32. The van der Waals surface area contributed by atoms with Crippen LogP contribution in [0, 0.1) is 5.92 Å². The van der Waals surface area contributed by atoms with Gasteiger partial charge < -0.3 is 25.0 Å². The minimum Gasteiger partial charge on any atom is -0.497 e. The van der Waals surface area contributed by atoms with E-state index >= 15 is 0 Å². The van der Waals surface area contributed by atoms with E-state index in [1.54, 1.807) is 7.11 Å². The van der Waals surface area contributed by atoms with Crippen molar-refractivity contribution in [3.8, 4) is 22.8 Å². The monoisotopic (exact) mass is 752 g/mol. The van der Waals surface area contributed by atoms with Crippen LogP contribution in [0.25, 0.3) is 22.2 Å². The molecule has 3 N–H and O–H groups in total. The number of allylic oxidation sites excluding steroid dienone is 1. The molecule has 0 radical (unpaired) electrons. The second kappa shape index (κ2) is 15.5. The molecule has 2 aromatic heterocycles. The van der Waals surface area contributed by atoms with Crippen LogP contribution in [0.4, 0.5) is 5.82 Å². The van der Waals surface area contributed by atoms with Crippen molar-refractivity contribution in [1.82, 2.24) is 24.9 Å². The summed E-state index contributed by atoms with van der Waals surface area (Å²) in [6.07, 6.45) is 9.70. The van der Waals surface area contributed by atoms with E-state index in [9.17, 15) is 22.8 Å². The Morgan fingerprint density at radius 2 is 1.83 bits per heavy atom. The standard InChI is InChI=1S/C40H44N6O7S/c1-26(47)46-25-30(53-35-23-32(27-13-8-7-9-14-27)43-33-21-29(52-2)17-18-31(33)35)22-34(46)38(48)44-40-24-28(40)15-10-5-3-4-6-11-19-41-37-36(16-12-20-42-37)54(50,51)45-39(40)49/h7-10,12-18,20-21,23,28,30,34H,3-6,11,19,22,24-25H2,1-2H3,(H,41,42)(H,44,48)(H,45,49)/b15-10-/t28-,30+,34-,40+/m0/s1. The predicted molar refractivity (Wildman–Crippen MR) is 203 cm³/mol. The van der Waals surface area contributed by atoms with E-state index in [1.165, 1.54) is 30.2 Å². The summed E-state index contributed by atoms with van der Waals surface area (Å²) >= 11 is 0. The third-order valence-electron chi connectivity index (χ3n) is 10.3. The van der Waals surface area contributed by atoms with E-state index in [1.807, 2.05) is 66.7 Å². The maximum absolute atomic E-state index is 14.2. The Morgan fingerprint density at radius 1 is 1.02 bits per heavy atom. The number of methoxy groups -OCH3 is 1. The number of hydrogen-bond acceptors (Lipinski definition) is 10. The van der Waals surface area contributed by atoms with E-state index in [0.29, 0.717) is 29.3 Å². The van der Waals surface area contributed by atoms with Crippen molar-refractivity contribution in [2.45, 2.75) is 74.4 Å². The summed E-state index contributed by atoms with van der Waals surface area (Å²) in [4.78, 5) is 51.5. The maximum atomic E-state index is 14.2. The second-order valence-corrected chi connectivity index (χ2v) is 15.7. The SMILES string of the molecule is COc1ccc2c(O[C@@H]3C[C@@H](C(=O)N[C@]45C[C@@H]4/C=C\CCCCCCNc4ncccc4S(=O)(=O)NC5=O)N(C(C)=O)C3)cc(-c3ccccc3)nc2c1. The second-order valence-electron chi connectivity index (χ2n) is 14.0. The molecule has 3 amide bonds. The smallest absolute Gasteiger partial charge is 0.267 e. The van der Waals surface area contributed by atoms with E-state index in [4.69, 9.17) is 14.5 Å². The third kappa shape index (κ3) is 7.74. The minimum atomic E-state index is -4.37. The Labute approximate surface area is 314 Å². The average Bonchev–Trinajstić information content (AvgIpc) is 3.69. The molecule has 4 atom stereocenters. The van der Waals surface area contributed by atoms with Crippen LogP contribution in [0.5, 0.6) is 11.5 Å². The molecule has 54 heavy (non-hydrogen) atoms. The van der Waals surface area contributed by atoms with Crippen molar-refractivity contribution in [2.75, 3.05) is 25.5 Å². The highest BCUT2D eigenvalue weighted by atomic mass is 32.2. The highest BCUT2D eigenvalue weighted by molar-refractivity contribution is 7.90. The molecule has 2 aromatic carbocycles. The molecule has 4 aromatic rings. The van der Waals surface area contributed by atoms with Crippen LogP contribution >= 0.6 is 0 Å². The van der Waals surface area contributed by atoms with Crippen LogP contribution in [0.15, 0.2) is 90.0 Å². The van der Waals surface area contributed by atoms with Gasteiger partial charge in [-0.1, -0.05) is 55.3 Å². The molecule has 282 valence electrons. The number of rotatable bonds is 6. The number of likely N-dealkylation sites (tertiary alicyclic amines) is 1. The van der Waals surface area contributed by atoms with Gasteiger partial charge in [0, 0.05) is 55.1 Å². The molecule has 13 nitrogen and oxygen atoms in total. The van der Waals surface area contributed by atoms with Crippen LogP contribution < -0.4 is 24.8 Å². The molecule has 2 fully saturated rings. The highest BCUT2D eigenvalue weighted by Crippen LogP contribution is 2.46. The quantitative estimate of drug-likeness (QED) is 0.228. The summed E-state index contributed by atoms with van der Waals surface area (Å²) in [5.74, 6) is -0.854. The van der Waals surface area contributed by atoms with Gasteiger partial charge in [-0.2, -0.15) is 0 Å². The van der Waals surface area contributed by atoms with Crippen LogP contribution in [-0.4, -0.2) is 78.9 Å². The topological polar surface area (TPSA) is 169 Å².